The molecule has 0 atom stereocenters. The predicted octanol–water partition coefficient (Wildman–Crippen LogP) is 5.33. The summed E-state index contributed by atoms with van der Waals surface area (Å²) in [7, 11) is 0. The lowest BCUT2D eigenvalue weighted by Gasteiger charge is -2.12. The molecule has 7 nitrogen and oxygen atoms in total. The van der Waals surface area contributed by atoms with Crippen LogP contribution < -0.4 is 10.6 Å². The van der Waals surface area contributed by atoms with E-state index in [4.69, 9.17) is 11.6 Å². The van der Waals surface area contributed by atoms with E-state index in [1.54, 1.807) is 30.3 Å². The maximum Gasteiger partial charge on any atom is 0.329 e. The lowest BCUT2D eigenvalue weighted by molar-refractivity contribution is -0.123. The van der Waals surface area contributed by atoms with E-state index >= 15 is 0 Å². The fraction of sp³-hybridized carbons (Fsp3) is 0.107. The van der Waals surface area contributed by atoms with Crippen molar-refractivity contribution >= 4 is 52.1 Å². The van der Waals surface area contributed by atoms with Gasteiger partial charge in [0.25, 0.3) is 5.91 Å². The molecule has 2 heterocycles. The second-order valence-corrected chi connectivity index (χ2v) is 9.09. The van der Waals surface area contributed by atoms with E-state index in [1.165, 1.54) is 4.90 Å². The van der Waals surface area contributed by atoms with Crippen molar-refractivity contribution in [2.75, 3.05) is 5.32 Å². The van der Waals surface area contributed by atoms with E-state index in [-0.39, 0.29) is 30.6 Å². The van der Waals surface area contributed by atoms with E-state index in [0.29, 0.717) is 10.7 Å². The van der Waals surface area contributed by atoms with E-state index in [1.807, 2.05) is 66.2 Å². The van der Waals surface area contributed by atoms with Gasteiger partial charge in [-0.25, -0.2) is 4.79 Å². The Morgan fingerprint density at radius 1 is 1.03 bits per heavy atom. The van der Waals surface area contributed by atoms with Gasteiger partial charge in [-0.1, -0.05) is 59.6 Å². The van der Waals surface area contributed by atoms with Crippen LogP contribution in [-0.4, -0.2) is 27.3 Å². The molecule has 36 heavy (non-hydrogen) atoms. The number of para-hydroxylation sites is 1. The number of nitrogens with one attached hydrogen (secondary N) is 2. The zero-order valence-corrected chi connectivity index (χ0v) is 20.3. The molecule has 4 aromatic rings. The summed E-state index contributed by atoms with van der Waals surface area (Å²) in [6.07, 6.45) is 3.47. The number of aromatic nitrogens is 1. The number of urea groups is 1. The highest BCUT2D eigenvalue weighted by molar-refractivity contribution is 6.30. The Morgan fingerprint density at radius 3 is 2.58 bits per heavy atom. The third-order valence-electron chi connectivity index (χ3n) is 5.95. The minimum Gasteiger partial charge on any atom is -0.337 e. The lowest BCUT2D eigenvalue weighted by Crippen LogP contribution is -2.30. The number of amides is 4. The van der Waals surface area contributed by atoms with E-state index in [9.17, 15) is 14.4 Å². The van der Waals surface area contributed by atoms with Gasteiger partial charge in [-0.15, -0.1) is 0 Å². The van der Waals surface area contributed by atoms with Gasteiger partial charge in [-0.3, -0.25) is 14.5 Å². The van der Waals surface area contributed by atoms with Gasteiger partial charge in [-0.05, 0) is 48.9 Å². The summed E-state index contributed by atoms with van der Waals surface area (Å²) < 4.78 is 1.82. The molecular weight excluding hydrogens is 476 g/mol. The summed E-state index contributed by atoms with van der Waals surface area (Å²) in [6.45, 7) is 2.23. The molecule has 0 unspecified atom stereocenters. The number of benzene rings is 3. The van der Waals surface area contributed by atoms with Crippen LogP contribution in [0.2, 0.25) is 5.02 Å². The highest BCUT2D eigenvalue weighted by Crippen LogP contribution is 2.25. The molecule has 0 spiro atoms. The van der Waals surface area contributed by atoms with Crippen LogP contribution in [0.15, 0.2) is 84.7 Å². The third-order valence-corrected chi connectivity index (χ3v) is 6.20. The van der Waals surface area contributed by atoms with Gasteiger partial charge in [0.2, 0.25) is 5.91 Å². The van der Waals surface area contributed by atoms with Gasteiger partial charge in [-0.2, -0.15) is 0 Å². The zero-order valence-electron chi connectivity index (χ0n) is 19.5. The molecule has 5 rings (SSSR count). The fourth-order valence-corrected chi connectivity index (χ4v) is 4.40. The van der Waals surface area contributed by atoms with E-state index in [2.05, 4.69) is 10.6 Å². The molecule has 1 aliphatic rings. The number of rotatable bonds is 6. The zero-order chi connectivity index (χ0) is 25.2. The maximum absolute atomic E-state index is 13.1. The summed E-state index contributed by atoms with van der Waals surface area (Å²) in [5.74, 6) is -0.592. The smallest absolute Gasteiger partial charge is 0.329 e. The molecule has 0 aliphatic carbocycles. The highest BCUT2D eigenvalue weighted by atomic mass is 35.5. The molecular formula is C28H23ClN4O3. The number of hydrogen-bond donors (Lipinski definition) is 2. The van der Waals surface area contributed by atoms with Gasteiger partial charge in [0, 0.05) is 33.4 Å². The molecule has 0 radical (unpaired) electrons. The molecule has 3 aromatic carbocycles. The average Bonchev–Trinajstić information content (AvgIpc) is 3.32. The Kier molecular flexibility index (Phi) is 6.31. The summed E-state index contributed by atoms with van der Waals surface area (Å²) in [5, 5.41) is 7.00. The summed E-state index contributed by atoms with van der Waals surface area (Å²) in [4.78, 5) is 39.5. The van der Waals surface area contributed by atoms with Gasteiger partial charge < -0.3 is 15.2 Å². The molecule has 1 aliphatic heterocycles. The third kappa shape index (κ3) is 4.87. The summed E-state index contributed by atoms with van der Waals surface area (Å²) >= 11 is 5.92. The quantitative estimate of drug-likeness (QED) is 0.278. The van der Waals surface area contributed by atoms with Crippen LogP contribution in [0, 0.1) is 6.92 Å². The van der Waals surface area contributed by atoms with Crippen LogP contribution in [0.3, 0.4) is 0 Å². The molecule has 8 heteroatoms. The first-order chi connectivity index (χ1) is 17.4. The molecule has 2 N–H and O–H groups in total. The van der Waals surface area contributed by atoms with Crippen LogP contribution in [-0.2, 0) is 22.7 Å². The molecule has 1 fully saturated rings. The van der Waals surface area contributed by atoms with Crippen molar-refractivity contribution in [3.63, 3.8) is 0 Å². The van der Waals surface area contributed by atoms with Gasteiger partial charge in [0.15, 0.2) is 0 Å². The second kappa shape index (κ2) is 9.71. The van der Waals surface area contributed by atoms with Crippen LogP contribution in [0.1, 0.15) is 16.7 Å². The largest absolute Gasteiger partial charge is 0.337 e. The number of hydrogen-bond acceptors (Lipinski definition) is 3. The molecule has 180 valence electrons. The first-order valence-electron chi connectivity index (χ1n) is 11.4. The number of nitrogens with zero attached hydrogens (tertiary/aromatic N) is 2. The number of imide groups is 1. The van der Waals surface area contributed by atoms with Crippen molar-refractivity contribution in [1.29, 1.82) is 0 Å². The number of anilines is 1. The average molecular weight is 499 g/mol. The Balaban J connectivity index is 1.39. The monoisotopic (exact) mass is 498 g/mol. The van der Waals surface area contributed by atoms with Crippen molar-refractivity contribution in [3.05, 3.63) is 106 Å². The Morgan fingerprint density at radius 2 is 1.81 bits per heavy atom. The summed E-state index contributed by atoms with van der Waals surface area (Å²) in [5.41, 5.74) is 4.35. The lowest BCUT2D eigenvalue weighted by atomic mass is 10.1. The Labute approximate surface area is 213 Å². The Hall–Kier alpha value is -4.36. The van der Waals surface area contributed by atoms with Crippen LogP contribution >= 0.6 is 11.6 Å². The highest BCUT2D eigenvalue weighted by Gasteiger charge is 2.33. The topological polar surface area (TPSA) is 83.4 Å². The second-order valence-electron chi connectivity index (χ2n) is 8.65. The normalized spacial score (nSPS) is 14.5. The minimum atomic E-state index is -0.459. The van der Waals surface area contributed by atoms with Gasteiger partial charge in [0.05, 0.1) is 6.54 Å². The van der Waals surface area contributed by atoms with Crippen LogP contribution in [0.4, 0.5) is 10.5 Å². The standard InChI is InChI=1S/C28H23ClN4O3/c1-18-5-4-6-19(13-18)15-33-27(35)24(31-28(33)36)14-20-16-32(25-8-3-2-7-23(20)25)17-26(34)30-22-11-9-21(29)10-12-22/h2-14,16H,15,17H2,1H3,(H,30,34)(H,31,36)/b24-14+. The molecule has 0 bridgehead atoms. The number of carbonyl (C=O) groups excluding carboxylic acids is 3. The van der Waals surface area contributed by atoms with E-state index in [0.717, 1.165) is 27.6 Å². The number of aryl methyl sites for hydroxylation is 1. The van der Waals surface area contributed by atoms with Crippen molar-refractivity contribution in [2.24, 2.45) is 0 Å². The van der Waals surface area contributed by atoms with Gasteiger partial charge in [0.1, 0.15) is 12.2 Å². The number of carbonyl (C=O) groups is 3. The fourth-order valence-electron chi connectivity index (χ4n) is 4.27. The van der Waals surface area contributed by atoms with Crippen molar-refractivity contribution < 1.29 is 14.4 Å². The maximum atomic E-state index is 13.1. The number of halogens is 1. The molecule has 1 aromatic heterocycles. The first kappa shape index (κ1) is 23.4. The van der Waals surface area contributed by atoms with Crippen LogP contribution in [0.5, 0.6) is 0 Å². The Bertz CT molecular complexity index is 1520. The number of fused-ring (bicyclic) bond motifs is 1. The predicted molar refractivity (Wildman–Crippen MR) is 140 cm³/mol. The van der Waals surface area contributed by atoms with Crippen LogP contribution in [0.25, 0.3) is 17.0 Å². The minimum absolute atomic E-state index is 0.0755. The molecule has 1 saturated heterocycles. The molecule has 4 amide bonds. The van der Waals surface area contributed by atoms with Gasteiger partial charge >= 0.3 is 6.03 Å². The summed E-state index contributed by atoms with van der Waals surface area (Å²) in [6, 6.07) is 21.7. The first-order valence-corrected chi connectivity index (χ1v) is 11.8. The SMILES string of the molecule is Cc1cccc(CN2C(=O)N/C(=C/c3cn(CC(=O)Nc4ccc(Cl)cc4)c4ccccc34)C2=O)c1. The van der Waals surface area contributed by atoms with Crippen molar-refractivity contribution in [2.45, 2.75) is 20.0 Å². The van der Waals surface area contributed by atoms with Crippen molar-refractivity contribution in [3.8, 4) is 0 Å². The molecule has 0 saturated carbocycles. The van der Waals surface area contributed by atoms with E-state index < -0.39 is 6.03 Å². The van der Waals surface area contributed by atoms with Crippen molar-refractivity contribution in [1.82, 2.24) is 14.8 Å².